The quantitative estimate of drug-likeness (QED) is 0.857. The van der Waals surface area contributed by atoms with Gasteiger partial charge in [-0.05, 0) is 57.7 Å². The highest BCUT2D eigenvalue weighted by atomic mass is 16.2. The molecule has 1 fully saturated rings. The molecule has 1 saturated heterocycles. The van der Waals surface area contributed by atoms with Crippen LogP contribution >= 0.6 is 0 Å². The summed E-state index contributed by atoms with van der Waals surface area (Å²) >= 11 is 0. The van der Waals surface area contributed by atoms with Crippen LogP contribution in [0.15, 0.2) is 24.3 Å². The van der Waals surface area contributed by atoms with Gasteiger partial charge in [0, 0.05) is 24.6 Å². The number of piperidine rings is 1. The first kappa shape index (κ1) is 16.0. The summed E-state index contributed by atoms with van der Waals surface area (Å²) in [6.07, 6.45) is 3.07. The van der Waals surface area contributed by atoms with Crippen molar-refractivity contribution >= 4 is 0 Å². The maximum Gasteiger partial charge on any atom is 0.0540 e. The first-order valence-electron chi connectivity index (χ1n) is 7.76. The highest BCUT2D eigenvalue weighted by Gasteiger charge is 2.20. The van der Waals surface area contributed by atoms with Crippen LogP contribution in [0.3, 0.4) is 0 Å². The molecule has 0 radical (unpaired) electrons. The largest absolute Gasteiger partial charge is 0.395 e. The fourth-order valence-electron chi connectivity index (χ4n) is 2.77. The Morgan fingerprint density at radius 1 is 1.19 bits per heavy atom. The smallest absolute Gasteiger partial charge is 0.0540 e. The summed E-state index contributed by atoms with van der Waals surface area (Å²) in [5, 5.41) is 8.71. The molecule has 0 amide bonds. The van der Waals surface area contributed by atoms with E-state index >= 15 is 0 Å². The molecule has 1 aromatic rings. The molecular weight excluding hydrogens is 260 g/mol. The minimum atomic E-state index is 0.133. The van der Waals surface area contributed by atoms with Crippen molar-refractivity contribution in [2.45, 2.75) is 31.8 Å². The fraction of sp³-hybridized carbons (Fsp3) is 0.556. The molecule has 3 nitrogen and oxygen atoms in total. The predicted molar refractivity (Wildman–Crippen MR) is 87.0 cm³/mol. The molecule has 0 unspecified atom stereocenters. The lowest BCUT2D eigenvalue weighted by Gasteiger charge is -2.35. The standard InChI is InChI=1S/C18H26N2O/c1-19(2)18-10-12-20(13-11-18)15-17-8-6-16(7-9-17)5-3-4-14-21/h6-9,18,21H,4,10-15H2,1-2H3. The van der Waals surface area contributed by atoms with Gasteiger partial charge in [-0.25, -0.2) is 0 Å². The van der Waals surface area contributed by atoms with Gasteiger partial charge in [-0.2, -0.15) is 0 Å². The van der Waals surface area contributed by atoms with Crippen LogP contribution < -0.4 is 0 Å². The summed E-state index contributed by atoms with van der Waals surface area (Å²) in [6, 6.07) is 9.23. The van der Waals surface area contributed by atoms with Crippen LogP contribution in [0.4, 0.5) is 0 Å². The van der Waals surface area contributed by atoms with Gasteiger partial charge >= 0.3 is 0 Å². The predicted octanol–water partition coefficient (Wildman–Crippen LogP) is 1.95. The minimum Gasteiger partial charge on any atom is -0.395 e. The number of aliphatic hydroxyl groups excluding tert-OH is 1. The highest BCUT2D eigenvalue weighted by Crippen LogP contribution is 2.16. The summed E-state index contributed by atoms with van der Waals surface area (Å²) in [5.41, 5.74) is 2.38. The molecule has 1 heterocycles. The van der Waals surface area contributed by atoms with Crippen LogP contribution in [0.1, 0.15) is 30.4 Å². The zero-order valence-corrected chi connectivity index (χ0v) is 13.2. The van der Waals surface area contributed by atoms with E-state index in [9.17, 15) is 0 Å². The molecule has 0 saturated carbocycles. The van der Waals surface area contributed by atoms with Crippen molar-refractivity contribution in [2.75, 3.05) is 33.8 Å². The second-order valence-corrected chi connectivity index (χ2v) is 5.94. The van der Waals surface area contributed by atoms with Gasteiger partial charge in [-0.15, -0.1) is 0 Å². The van der Waals surface area contributed by atoms with E-state index in [1.54, 1.807) is 0 Å². The Morgan fingerprint density at radius 2 is 1.86 bits per heavy atom. The lowest BCUT2D eigenvalue weighted by Crippen LogP contribution is -2.41. The van der Waals surface area contributed by atoms with Crippen LogP contribution in [-0.2, 0) is 6.54 Å². The molecule has 114 valence electrons. The summed E-state index contributed by atoms with van der Waals surface area (Å²) in [5.74, 6) is 6.02. The minimum absolute atomic E-state index is 0.133. The van der Waals surface area contributed by atoms with Crippen LogP contribution in [0.5, 0.6) is 0 Å². The van der Waals surface area contributed by atoms with Crippen LogP contribution in [0.2, 0.25) is 0 Å². The lowest BCUT2D eigenvalue weighted by molar-refractivity contribution is 0.140. The number of benzene rings is 1. The average molecular weight is 286 g/mol. The number of nitrogens with zero attached hydrogens (tertiary/aromatic N) is 2. The monoisotopic (exact) mass is 286 g/mol. The Morgan fingerprint density at radius 3 is 2.43 bits per heavy atom. The van der Waals surface area contributed by atoms with Crippen LogP contribution in [0, 0.1) is 11.8 Å². The summed E-state index contributed by atoms with van der Waals surface area (Å²) in [7, 11) is 4.35. The Hall–Kier alpha value is -1.34. The molecule has 0 bridgehead atoms. The Balaban J connectivity index is 1.83. The number of hydrogen-bond acceptors (Lipinski definition) is 3. The molecule has 0 aromatic heterocycles. The fourth-order valence-corrected chi connectivity index (χ4v) is 2.77. The van der Waals surface area contributed by atoms with Gasteiger partial charge in [0.25, 0.3) is 0 Å². The van der Waals surface area contributed by atoms with Crippen molar-refractivity contribution in [1.29, 1.82) is 0 Å². The third-order valence-corrected chi connectivity index (χ3v) is 4.12. The lowest BCUT2D eigenvalue weighted by atomic mass is 10.0. The SMILES string of the molecule is CN(C)C1CCN(Cc2ccc(C#CCCO)cc2)CC1. The van der Waals surface area contributed by atoms with Crippen molar-refractivity contribution in [3.05, 3.63) is 35.4 Å². The highest BCUT2D eigenvalue weighted by molar-refractivity contribution is 5.36. The van der Waals surface area contributed by atoms with Crippen molar-refractivity contribution in [3.8, 4) is 11.8 Å². The second-order valence-electron chi connectivity index (χ2n) is 5.94. The number of aliphatic hydroxyl groups is 1. The van der Waals surface area contributed by atoms with Gasteiger partial charge in [0.15, 0.2) is 0 Å². The summed E-state index contributed by atoms with van der Waals surface area (Å²) in [6.45, 7) is 3.53. The molecule has 3 heteroatoms. The van der Waals surface area contributed by atoms with E-state index in [0.717, 1.165) is 18.2 Å². The summed E-state index contributed by atoms with van der Waals surface area (Å²) in [4.78, 5) is 4.88. The van der Waals surface area contributed by atoms with Crippen molar-refractivity contribution in [3.63, 3.8) is 0 Å². The van der Waals surface area contributed by atoms with E-state index in [1.165, 1.54) is 31.5 Å². The second kappa shape index (κ2) is 8.19. The topological polar surface area (TPSA) is 26.7 Å². The third-order valence-electron chi connectivity index (χ3n) is 4.12. The van der Waals surface area contributed by atoms with Crippen molar-refractivity contribution in [1.82, 2.24) is 9.80 Å². The van der Waals surface area contributed by atoms with Gasteiger partial charge in [0.1, 0.15) is 0 Å². The summed E-state index contributed by atoms with van der Waals surface area (Å²) < 4.78 is 0. The molecule has 0 spiro atoms. The molecule has 21 heavy (non-hydrogen) atoms. The average Bonchev–Trinajstić information content (AvgIpc) is 2.50. The van der Waals surface area contributed by atoms with Crippen molar-refractivity contribution in [2.24, 2.45) is 0 Å². The Labute approximate surface area is 128 Å². The van der Waals surface area contributed by atoms with E-state index in [1.807, 2.05) is 0 Å². The van der Waals surface area contributed by atoms with E-state index in [2.05, 4.69) is 60.0 Å². The third kappa shape index (κ3) is 5.17. The van der Waals surface area contributed by atoms with Crippen LogP contribution in [-0.4, -0.2) is 54.7 Å². The number of likely N-dealkylation sites (tertiary alicyclic amines) is 1. The van der Waals surface area contributed by atoms with E-state index in [-0.39, 0.29) is 6.61 Å². The first-order chi connectivity index (χ1) is 10.2. The number of rotatable bonds is 4. The van der Waals surface area contributed by atoms with Crippen molar-refractivity contribution < 1.29 is 5.11 Å². The molecule has 2 rings (SSSR count). The molecule has 0 aliphatic carbocycles. The molecule has 1 aliphatic heterocycles. The van der Waals surface area contributed by atoms with Crippen LogP contribution in [0.25, 0.3) is 0 Å². The zero-order valence-electron chi connectivity index (χ0n) is 13.2. The van der Waals surface area contributed by atoms with Gasteiger partial charge in [0.05, 0.1) is 6.61 Å². The van der Waals surface area contributed by atoms with Gasteiger partial charge < -0.3 is 10.0 Å². The molecule has 1 aromatic carbocycles. The maximum absolute atomic E-state index is 8.71. The Bertz CT molecular complexity index is 476. The first-order valence-corrected chi connectivity index (χ1v) is 7.76. The van der Waals surface area contributed by atoms with E-state index in [4.69, 9.17) is 5.11 Å². The normalized spacial score (nSPS) is 16.8. The van der Waals surface area contributed by atoms with E-state index in [0.29, 0.717) is 6.42 Å². The van der Waals surface area contributed by atoms with Gasteiger partial charge in [0.2, 0.25) is 0 Å². The zero-order chi connectivity index (χ0) is 15.1. The van der Waals surface area contributed by atoms with Gasteiger partial charge in [-0.3, -0.25) is 4.90 Å². The molecule has 0 atom stereocenters. The molecule has 1 N–H and O–H groups in total. The molecule has 1 aliphatic rings. The van der Waals surface area contributed by atoms with Gasteiger partial charge in [-0.1, -0.05) is 24.0 Å². The molecular formula is C18H26N2O. The number of hydrogen-bond donors (Lipinski definition) is 1. The maximum atomic E-state index is 8.71. The van der Waals surface area contributed by atoms with E-state index < -0.39 is 0 Å². The Kier molecular flexibility index (Phi) is 6.25.